The van der Waals surface area contributed by atoms with Crippen LogP contribution in [-0.2, 0) is 10.4 Å². The molecule has 0 aliphatic heterocycles. The van der Waals surface area contributed by atoms with Gasteiger partial charge in [-0.15, -0.1) is 0 Å². The van der Waals surface area contributed by atoms with Crippen molar-refractivity contribution in [3.8, 4) is 11.5 Å². The van der Waals surface area contributed by atoms with Crippen molar-refractivity contribution in [1.29, 1.82) is 0 Å². The summed E-state index contributed by atoms with van der Waals surface area (Å²) in [5.74, 6) is -0.842. The molecule has 104 valence electrons. The van der Waals surface area contributed by atoms with Crippen molar-refractivity contribution in [2.24, 2.45) is 5.73 Å². The van der Waals surface area contributed by atoms with Crippen LogP contribution in [0.25, 0.3) is 0 Å². The molecule has 20 heavy (non-hydrogen) atoms. The van der Waals surface area contributed by atoms with E-state index in [0.717, 1.165) is 0 Å². The molecule has 0 saturated carbocycles. The molecule has 0 fully saturated rings. The summed E-state index contributed by atoms with van der Waals surface area (Å²) in [5.41, 5.74) is 3.96. The number of primary amides is 1. The van der Waals surface area contributed by atoms with Crippen LogP contribution < -0.4 is 10.5 Å². The zero-order valence-corrected chi connectivity index (χ0v) is 10.9. The third kappa shape index (κ3) is 2.19. The van der Waals surface area contributed by atoms with Crippen LogP contribution in [0.2, 0.25) is 0 Å². The number of phenols is 1. The summed E-state index contributed by atoms with van der Waals surface area (Å²) in [7, 11) is 1.38. The zero-order chi connectivity index (χ0) is 14.8. The lowest BCUT2D eigenvalue weighted by atomic mass is 9.85. The molecule has 0 heterocycles. The predicted molar refractivity (Wildman–Crippen MR) is 73.3 cm³/mol. The maximum Gasteiger partial charge on any atom is 0.258 e. The lowest BCUT2D eigenvalue weighted by Gasteiger charge is -2.26. The quantitative estimate of drug-likeness (QED) is 0.778. The van der Waals surface area contributed by atoms with E-state index in [1.54, 1.807) is 30.3 Å². The number of nitrogens with two attached hydrogens (primary N) is 1. The fourth-order valence-electron chi connectivity index (χ4n) is 2.03. The topological polar surface area (TPSA) is 92.8 Å². The zero-order valence-electron chi connectivity index (χ0n) is 10.9. The highest BCUT2D eigenvalue weighted by atomic mass is 16.5. The smallest absolute Gasteiger partial charge is 0.258 e. The van der Waals surface area contributed by atoms with Crippen LogP contribution in [0.4, 0.5) is 0 Å². The van der Waals surface area contributed by atoms with Crippen molar-refractivity contribution < 1.29 is 19.7 Å². The van der Waals surface area contributed by atoms with Gasteiger partial charge in [-0.3, -0.25) is 4.79 Å². The molecule has 2 rings (SSSR count). The lowest BCUT2D eigenvalue weighted by Crippen LogP contribution is -2.42. The number of ether oxygens (including phenoxy) is 1. The number of aromatic hydroxyl groups is 1. The highest BCUT2D eigenvalue weighted by Gasteiger charge is 2.38. The third-order valence-electron chi connectivity index (χ3n) is 3.15. The molecule has 0 bridgehead atoms. The minimum atomic E-state index is -1.98. The van der Waals surface area contributed by atoms with E-state index in [2.05, 4.69) is 0 Å². The fourth-order valence-corrected chi connectivity index (χ4v) is 2.03. The summed E-state index contributed by atoms with van der Waals surface area (Å²) in [6.45, 7) is 0. The second-order valence-electron chi connectivity index (χ2n) is 4.33. The van der Waals surface area contributed by atoms with Gasteiger partial charge in [0.15, 0.2) is 17.1 Å². The van der Waals surface area contributed by atoms with E-state index in [9.17, 15) is 15.0 Å². The standard InChI is InChI=1S/C15H15NO4/c1-20-13-9-11(7-8-12(13)17)15(19,14(16)18)10-5-3-2-4-6-10/h2-9,17,19H,1H3,(H2,16,18). The number of hydrogen-bond acceptors (Lipinski definition) is 4. The predicted octanol–water partition coefficient (Wildman–Crippen LogP) is 1.12. The number of methoxy groups -OCH3 is 1. The Balaban J connectivity index is 2.63. The lowest BCUT2D eigenvalue weighted by molar-refractivity contribution is -0.133. The van der Waals surface area contributed by atoms with Crippen LogP contribution >= 0.6 is 0 Å². The highest BCUT2D eigenvalue weighted by molar-refractivity contribution is 5.88. The molecule has 4 N–H and O–H groups in total. The molecule has 5 nitrogen and oxygen atoms in total. The second-order valence-corrected chi connectivity index (χ2v) is 4.33. The van der Waals surface area contributed by atoms with Crippen molar-refractivity contribution in [2.75, 3.05) is 7.11 Å². The van der Waals surface area contributed by atoms with Gasteiger partial charge in [0, 0.05) is 5.56 Å². The van der Waals surface area contributed by atoms with Gasteiger partial charge in [-0.25, -0.2) is 0 Å². The van der Waals surface area contributed by atoms with Gasteiger partial charge >= 0.3 is 0 Å². The van der Waals surface area contributed by atoms with Crippen LogP contribution in [0.5, 0.6) is 11.5 Å². The molecule has 2 aromatic rings. The first kappa shape index (κ1) is 13.9. The molecule has 1 unspecified atom stereocenters. The minimum absolute atomic E-state index is 0.0869. The van der Waals surface area contributed by atoms with Gasteiger partial charge in [-0.1, -0.05) is 36.4 Å². The van der Waals surface area contributed by atoms with Crippen molar-refractivity contribution >= 4 is 5.91 Å². The summed E-state index contributed by atoms with van der Waals surface area (Å²) in [6.07, 6.45) is 0. The number of benzene rings is 2. The van der Waals surface area contributed by atoms with E-state index >= 15 is 0 Å². The molecule has 0 aliphatic rings. The Morgan fingerprint density at radius 1 is 1.15 bits per heavy atom. The Labute approximate surface area is 116 Å². The summed E-state index contributed by atoms with van der Waals surface area (Å²) >= 11 is 0. The summed E-state index contributed by atoms with van der Waals surface area (Å²) in [4.78, 5) is 11.8. The first-order chi connectivity index (χ1) is 9.50. The molecule has 0 aromatic heterocycles. The number of phenolic OH excluding ortho intramolecular Hbond substituents is 1. The van der Waals surface area contributed by atoms with Gasteiger partial charge in [0.25, 0.3) is 5.91 Å². The van der Waals surface area contributed by atoms with E-state index in [4.69, 9.17) is 10.5 Å². The summed E-state index contributed by atoms with van der Waals surface area (Å²) in [6, 6.07) is 12.5. The molecule has 5 heteroatoms. The first-order valence-corrected chi connectivity index (χ1v) is 5.95. The Kier molecular flexibility index (Phi) is 3.63. The SMILES string of the molecule is COc1cc(C(O)(C(N)=O)c2ccccc2)ccc1O. The van der Waals surface area contributed by atoms with E-state index in [1.807, 2.05) is 0 Å². The maximum absolute atomic E-state index is 11.8. The van der Waals surface area contributed by atoms with E-state index < -0.39 is 11.5 Å². The average molecular weight is 273 g/mol. The largest absolute Gasteiger partial charge is 0.504 e. The third-order valence-corrected chi connectivity index (χ3v) is 3.15. The Morgan fingerprint density at radius 3 is 2.35 bits per heavy atom. The number of carbonyl (C=O) groups excluding carboxylic acids is 1. The molecule has 2 aromatic carbocycles. The van der Waals surface area contributed by atoms with E-state index in [-0.39, 0.29) is 17.1 Å². The van der Waals surface area contributed by atoms with Crippen LogP contribution in [0.3, 0.4) is 0 Å². The molecular formula is C15H15NO4. The van der Waals surface area contributed by atoms with Crippen molar-refractivity contribution in [1.82, 2.24) is 0 Å². The molecular weight excluding hydrogens is 258 g/mol. The monoisotopic (exact) mass is 273 g/mol. The Bertz CT molecular complexity index is 627. The molecule has 0 spiro atoms. The number of hydrogen-bond donors (Lipinski definition) is 3. The van der Waals surface area contributed by atoms with Crippen LogP contribution in [0, 0.1) is 0 Å². The first-order valence-electron chi connectivity index (χ1n) is 5.95. The average Bonchev–Trinajstić information content (AvgIpc) is 2.47. The Hall–Kier alpha value is -2.53. The van der Waals surface area contributed by atoms with Crippen molar-refractivity contribution in [3.63, 3.8) is 0 Å². The van der Waals surface area contributed by atoms with Gasteiger partial charge in [0.05, 0.1) is 7.11 Å². The van der Waals surface area contributed by atoms with Crippen LogP contribution in [0.15, 0.2) is 48.5 Å². The minimum Gasteiger partial charge on any atom is -0.504 e. The fraction of sp³-hybridized carbons (Fsp3) is 0.133. The van der Waals surface area contributed by atoms with Gasteiger partial charge in [-0.2, -0.15) is 0 Å². The van der Waals surface area contributed by atoms with Crippen LogP contribution in [0.1, 0.15) is 11.1 Å². The number of carbonyl (C=O) groups is 1. The van der Waals surface area contributed by atoms with E-state index in [0.29, 0.717) is 5.56 Å². The normalized spacial score (nSPS) is 13.5. The van der Waals surface area contributed by atoms with Crippen molar-refractivity contribution in [3.05, 3.63) is 59.7 Å². The van der Waals surface area contributed by atoms with Gasteiger partial charge in [0.1, 0.15) is 0 Å². The second kappa shape index (κ2) is 5.22. The van der Waals surface area contributed by atoms with Crippen LogP contribution in [-0.4, -0.2) is 23.2 Å². The molecule has 0 aliphatic carbocycles. The summed E-state index contributed by atoms with van der Waals surface area (Å²) < 4.78 is 4.98. The van der Waals surface area contributed by atoms with Gasteiger partial charge < -0.3 is 20.7 Å². The highest BCUT2D eigenvalue weighted by Crippen LogP contribution is 2.35. The van der Waals surface area contributed by atoms with Gasteiger partial charge in [0.2, 0.25) is 0 Å². The molecule has 0 saturated heterocycles. The van der Waals surface area contributed by atoms with E-state index in [1.165, 1.54) is 25.3 Å². The number of amides is 1. The molecule has 1 amide bonds. The summed E-state index contributed by atoms with van der Waals surface area (Å²) in [5, 5.41) is 20.3. The number of aliphatic hydroxyl groups is 1. The molecule has 1 atom stereocenters. The Morgan fingerprint density at radius 2 is 1.80 bits per heavy atom. The molecule has 0 radical (unpaired) electrons. The maximum atomic E-state index is 11.8. The van der Waals surface area contributed by atoms with Gasteiger partial charge in [-0.05, 0) is 17.7 Å². The number of rotatable bonds is 4. The van der Waals surface area contributed by atoms with Crippen molar-refractivity contribution in [2.45, 2.75) is 5.60 Å².